The van der Waals surface area contributed by atoms with Gasteiger partial charge in [0.15, 0.2) is 0 Å². The van der Waals surface area contributed by atoms with Crippen LogP contribution in [-0.2, 0) is 14.3 Å². The molecule has 5 heteroatoms. The molecule has 1 amide bonds. The Balaban J connectivity index is 1.59. The number of hydrogen-bond acceptors (Lipinski definition) is 4. The minimum atomic E-state index is -0.402. The largest absolute Gasteiger partial charge is 0.458 e. The lowest BCUT2D eigenvalue weighted by Crippen LogP contribution is -2.43. The van der Waals surface area contributed by atoms with Crippen LogP contribution < -0.4 is 0 Å². The molecule has 1 aromatic carbocycles. The summed E-state index contributed by atoms with van der Waals surface area (Å²) in [7, 11) is 0. The van der Waals surface area contributed by atoms with Crippen molar-refractivity contribution >= 4 is 11.9 Å². The van der Waals surface area contributed by atoms with E-state index in [-0.39, 0.29) is 23.7 Å². The number of carbonyl (C=O) groups excluding carboxylic acids is 2. The third-order valence-electron chi connectivity index (χ3n) is 4.77. The molecule has 2 aliphatic rings. The molecule has 1 saturated carbocycles. The van der Waals surface area contributed by atoms with Gasteiger partial charge in [-0.05, 0) is 50.3 Å². The number of nitrogens with zero attached hydrogens (tertiary/aromatic N) is 2. The lowest BCUT2D eigenvalue weighted by molar-refractivity contribution is -0.156. The number of likely N-dealkylation sites (tertiary alicyclic amines) is 1. The first-order valence-corrected chi connectivity index (χ1v) is 8.58. The third kappa shape index (κ3) is 3.76. The fourth-order valence-corrected chi connectivity index (χ4v) is 3.16. The maximum atomic E-state index is 12.5. The molecule has 0 aromatic heterocycles. The van der Waals surface area contributed by atoms with Crippen molar-refractivity contribution in [2.24, 2.45) is 11.8 Å². The molecule has 24 heavy (non-hydrogen) atoms. The van der Waals surface area contributed by atoms with Gasteiger partial charge in [-0.3, -0.25) is 9.59 Å². The van der Waals surface area contributed by atoms with E-state index < -0.39 is 6.10 Å². The van der Waals surface area contributed by atoms with Crippen LogP contribution in [0.5, 0.6) is 0 Å². The molecule has 2 atom stereocenters. The fourth-order valence-electron chi connectivity index (χ4n) is 3.16. The van der Waals surface area contributed by atoms with E-state index in [0.717, 1.165) is 37.8 Å². The molecule has 1 heterocycles. The summed E-state index contributed by atoms with van der Waals surface area (Å²) in [6.07, 6.45) is 3.17. The van der Waals surface area contributed by atoms with Crippen LogP contribution in [0.15, 0.2) is 24.3 Å². The summed E-state index contributed by atoms with van der Waals surface area (Å²) in [6.45, 7) is 3.03. The molecule has 3 rings (SSSR count). The van der Waals surface area contributed by atoms with Crippen molar-refractivity contribution in [3.63, 3.8) is 0 Å². The predicted octanol–water partition coefficient (Wildman–Crippen LogP) is 2.81. The first-order chi connectivity index (χ1) is 11.6. The first-order valence-electron chi connectivity index (χ1n) is 8.58. The normalized spacial score (nSPS) is 21.7. The highest BCUT2D eigenvalue weighted by molar-refractivity contribution is 5.82. The smallest absolute Gasteiger partial charge is 0.311 e. The molecule has 0 unspecified atom stereocenters. The maximum absolute atomic E-state index is 12.5. The van der Waals surface area contributed by atoms with Crippen LogP contribution in [0.2, 0.25) is 0 Å². The number of rotatable bonds is 4. The molecule has 0 spiro atoms. The second kappa shape index (κ2) is 7.04. The van der Waals surface area contributed by atoms with Gasteiger partial charge in [0.25, 0.3) is 0 Å². The van der Waals surface area contributed by atoms with Crippen LogP contribution in [0.3, 0.4) is 0 Å². The number of amides is 1. The van der Waals surface area contributed by atoms with Gasteiger partial charge in [0.1, 0.15) is 6.10 Å². The predicted molar refractivity (Wildman–Crippen MR) is 87.7 cm³/mol. The lowest BCUT2D eigenvalue weighted by Gasteiger charge is -2.32. The molecular weight excluding hydrogens is 304 g/mol. The van der Waals surface area contributed by atoms with E-state index in [4.69, 9.17) is 10.00 Å². The van der Waals surface area contributed by atoms with E-state index in [9.17, 15) is 9.59 Å². The molecule has 2 fully saturated rings. The SMILES string of the molecule is C[C@@H](OC(=O)[C@H]1CCCN(C(=O)C2CC2)C1)c1cccc(C#N)c1. The van der Waals surface area contributed by atoms with Gasteiger partial charge in [-0.15, -0.1) is 0 Å². The molecule has 5 nitrogen and oxygen atoms in total. The molecule has 0 radical (unpaired) electrons. The minimum Gasteiger partial charge on any atom is -0.458 e. The average molecular weight is 326 g/mol. The summed E-state index contributed by atoms with van der Waals surface area (Å²) in [6, 6.07) is 9.19. The highest BCUT2D eigenvalue weighted by Gasteiger charge is 2.37. The maximum Gasteiger partial charge on any atom is 0.311 e. The van der Waals surface area contributed by atoms with Crippen molar-refractivity contribution in [3.05, 3.63) is 35.4 Å². The van der Waals surface area contributed by atoms with E-state index >= 15 is 0 Å². The number of piperidine rings is 1. The summed E-state index contributed by atoms with van der Waals surface area (Å²) in [4.78, 5) is 26.5. The molecule has 1 aromatic rings. The van der Waals surface area contributed by atoms with Gasteiger partial charge in [-0.2, -0.15) is 5.26 Å². The zero-order valence-electron chi connectivity index (χ0n) is 13.9. The summed E-state index contributed by atoms with van der Waals surface area (Å²) >= 11 is 0. The van der Waals surface area contributed by atoms with Crippen molar-refractivity contribution in [1.29, 1.82) is 5.26 Å². The Morgan fingerprint density at radius 3 is 2.79 bits per heavy atom. The monoisotopic (exact) mass is 326 g/mol. The molecule has 1 aliphatic heterocycles. The van der Waals surface area contributed by atoms with Gasteiger partial charge >= 0.3 is 5.97 Å². The summed E-state index contributed by atoms with van der Waals surface area (Å²) in [5, 5.41) is 8.97. The molecule has 0 N–H and O–H groups in total. The van der Waals surface area contributed by atoms with Gasteiger partial charge in [-0.1, -0.05) is 12.1 Å². The van der Waals surface area contributed by atoms with E-state index in [0.29, 0.717) is 12.1 Å². The standard InChI is InChI=1S/C19H22N2O3/c1-13(16-5-2-4-14(10-16)11-20)24-19(23)17-6-3-9-21(12-17)18(22)15-7-8-15/h2,4-5,10,13,15,17H,3,6-9,12H2,1H3/t13-,17+/m1/s1. The Hall–Kier alpha value is -2.35. The lowest BCUT2D eigenvalue weighted by atomic mass is 9.97. The van der Waals surface area contributed by atoms with Crippen molar-refractivity contribution in [1.82, 2.24) is 4.90 Å². The van der Waals surface area contributed by atoms with E-state index in [1.807, 2.05) is 17.9 Å². The number of benzene rings is 1. The number of hydrogen-bond donors (Lipinski definition) is 0. The van der Waals surface area contributed by atoms with Crippen LogP contribution in [0.4, 0.5) is 0 Å². The van der Waals surface area contributed by atoms with E-state index in [1.54, 1.807) is 18.2 Å². The topological polar surface area (TPSA) is 70.4 Å². The zero-order valence-corrected chi connectivity index (χ0v) is 13.9. The molecule has 1 aliphatic carbocycles. The van der Waals surface area contributed by atoms with Crippen LogP contribution in [0, 0.1) is 23.2 Å². The van der Waals surface area contributed by atoms with Gasteiger partial charge in [0, 0.05) is 19.0 Å². The van der Waals surface area contributed by atoms with Crippen molar-refractivity contribution < 1.29 is 14.3 Å². The molecule has 1 saturated heterocycles. The number of ether oxygens (including phenoxy) is 1. The Kier molecular flexibility index (Phi) is 4.84. The average Bonchev–Trinajstić information content (AvgIpc) is 3.46. The number of nitriles is 1. The molecule has 126 valence electrons. The van der Waals surface area contributed by atoms with Gasteiger partial charge in [0.05, 0.1) is 17.6 Å². The summed E-state index contributed by atoms with van der Waals surface area (Å²) < 4.78 is 5.59. The fraction of sp³-hybridized carbons (Fsp3) is 0.526. The first kappa shape index (κ1) is 16.5. The van der Waals surface area contributed by atoms with Crippen LogP contribution in [0.1, 0.15) is 49.8 Å². The van der Waals surface area contributed by atoms with Gasteiger partial charge in [-0.25, -0.2) is 0 Å². The molecular formula is C19H22N2O3. The van der Waals surface area contributed by atoms with Crippen LogP contribution in [-0.4, -0.2) is 29.9 Å². The highest BCUT2D eigenvalue weighted by atomic mass is 16.5. The van der Waals surface area contributed by atoms with Crippen molar-refractivity contribution in [2.45, 2.75) is 38.7 Å². The van der Waals surface area contributed by atoms with Crippen molar-refractivity contribution in [2.75, 3.05) is 13.1 Å². The van der Waals surface area contributed by atoms with Gasteiger partial charge < -0.3 is 9.64 Å². The van der Waals surface area contributed by atoms with Crippen LogP contribution >= 0.6 is 0 Å². The zero-order chi connectivity index (χ0) is 17.1. The Labute approximate surface area is 142 Å². The van der Waals surface area contributed by atoms with E-state index in [2.05, 4.69) is 6.07 Å². The van der Waals surface area contributed by atoms with Crippen LogP contribution in [0.25, 0.3) is 0 Å². The van der Waals surface area contributed by atoms with Gasteiger partial charge in [0.2, 0.25) is 5.91 Å². The number of carbonyl (C=O) groups is 2. The van der Waals surface area contributed by atoms with Crippen molar-refractivity contribution in [3.8, 4) is 6.07 Å². The Morgan fingerprint density at radius 1 is 1.29 bits per heavy atom. The Bertz CT molecular complexity index is 675. The Morgan fingerprint density at radius 2 is 2.08 bits per heavy atom. The molecule has 0 bridgehead atoms. The second-order valence-electron chi connectivity index (χ2n) is 6.71. The minimum absolute atomic E-state index is 0.187. The highest BCUT2D eigenvalue weighted by Crippen LogP contribution is 2.33. The third-order valence-corrected chi connectivity index (χ3v) is 4.77. The number of esters is 1. The quantitative estimate of drug-likeness (QED) is 0.798. The second-order valence-corrected chi connectivity index (χ2v) is 6.71. The van der Waals surface area contributed by atoms with E-state index in [1.165, 1.54) is 0 Å². The summed E-state index contributed by atoms with van der Waals surface area (Å²) in [5.74, 6) is -0.115. The summed E-state index contributed by atoms with van der Waals surface area (Å²) in [5.41, 5.74) is 1.36.